The zero-order valence-electron chi connectivity index (χ0n) is 20.6. The molecule has 0 amide bonds. The molecule has 0 N–H and O–H groups in total. The van der Waals surface area contributed by atoms with Crippen LogP contribution in [0.1, 0.15) is 11.1 Å². The van der Waals surface area contributed by atoms with Crippen molar-refractivity contribution in [1.82, 2.24) is 0 Å². The first-order valence-corrected chi connectivity index (χ1v) is 20.6. The maximum atomic E-state index is 2.77. The first-order chi connectivity index (χ1) is 12.7. The van der Waals surface area contributed by atoms with Crippen molar-refractivity contribution in [3.05, 3.63) is 66.1 Å². The van der Waals surface area contributed by atoms with Crippen LogP contribution in [0.15, 0.2) is 48.5 Å². The summed E-state index contributed by atoms with van der Waals surface area (Å²) in [5.74, 6) is 0. The summed E-state index contributed by atoms with van der Waals surface area (Å²) in [4.78, 5) is 0. The Bertz CT molecular complexity index is 756. The predicted molar refractivity (Wildman–Crippen MR) is 136 cm³/mol. The van der Waals surface area contributed by atoms with Crippen molar-refractivity contribution in [2.45, 2.75) is 58.9 Å². The second-order valence-corrected chi connectivity index (χ2v) is 25.8. The van der Waals surface area contributed by atoms with Crippen molar-refractivity contribution >= 4 is 36.1 Å². The Morgan fingerprint density at radius 1 is 0.552 bits per heavy atom. The maximum Gasteiger partial charge on any atom is 1.00 e. The smallest absolute Gasteiger partial charge is 0.426 e. The minimum atomic E-state index is -1.40. The van der Waals surface area contributed by atoms with Crippen molar-refractivity contribution in [3.63, 3.8) is 0 Å². The van der Waals surface area contributed by atoms with Gasteiger partial charge in [-0.3, -0.25) is 0 Å². The fourth-order valence-electron chi connectivity index (χ4n) is 3.87. The average molecular weight is 435 g/mol. The molecule has 0 atom stereocenters. The molecule has 2 aromatic carbocycles. The molecule has 6 heteroatoms. The summed E-state index contributed by atoms with van der Waals surface area (Å²) in [5.41, 5.74) is 5.23. The molecular formula is C23H39LiN2Si3. The Hall–Kier alpha value is -0.842. The molecule has 0 heterocycles. The van der Waals surface area contributed by atoms with E-state index in [2.05, 4.69) is 130 Å². The van der Waals surface area contributed by atoms with Crippen LogP contribution in [0.2, 0.25) is 58.9 Å². The van der Waals surface area contributed by atoms with Gasteiger partial charge in [0.15, 0.2) is 0 Å². The van der Waals surface area contributed by atoms with Crippen LogP contribution in [0, 0.1) is 6.42 Å². The van der Waals surface area contributed by atoms with Gasteiger partial charge in [-0.15, -0.1) is 41.8 Å². The van der Waals surface area contributed by atoms with Gasteiger partial charge in [0, 0.05) is 11.4 Å². The molecular weight excluding hydrogens is 395 g/mol. The number of hydrogen-bond acceptors (Lipinski definition) is 2. The fraction of sp³-hybridized carbons (Fsp3) is 0.435. The van der Waals surface area contributed by atoms with Crippen molar-refractivity contribution in [2.24, 2.45) is 0 Å². The summed E-state index contributed by atoms with van der Waals surface area (Å²) < 4.78 is 5.22. The van der Waals surface area contributed by atoms with Gasteiger partial charge in [0.25, 0.3) is 0 Å². The zero-order chi connectivity index (χ0) is 21.3. The topological polar surface area (TPSA) is 6.48 Å². The fourth-order valence-corrected chi connectivity index (χ4v) is 14.7. The summed E-state index contributed by atoms with van der Waals surface area (Å²) in [6.07, 6.45) is 2.27. The minimum Gasteiger partial charge on any atom is -0.426 e. The summed E-state index contributed by atoms with van der Waals surface area (Å²) in [7, 11) is -1.91. The van der Waals surface area contributed by atoms with E-state index in [1.807, 2.05) is 0 Å². The maximum absolute atomic E-state index is 2.77. The molecule has 154 valence electrons. The van der Waals surface area contributed by atoms with E-state index in [-0.39, 0.29) is 18.9 Å². The second kappa shape index (κ2) is 9.53. The molecule has 0 aliphatic heterocycles. The molecule has 0 radical (unpaired) electrons. The van der Waals surface area contributed by atoms with Crippen LogP contribution in [0.3, 0.4) is 0 Å². The SMILES string of the molecule is CN(c1ccc([CH-]c2ccc(N([Si](C)(C)C)[Si](C)(C)C)cc2)cc1)[Si](C)(C)C.[Li+]. The summed E-state index contributed by atoms with van der Waals surface area (Å²) in [6, 6.07) is 18.1. The van der Waals surface area contributed by atoms with E-state index in [1.165, 1.54) is 22.5 Å². The molecule has 0 aliphatic carbocycles. The Balaban J connectivity index is 0.00000420. The molecule has 0 saturated carbocycles. The number of rotatable bonds is 7. The largest absolute Gasteiger partial charge is 1.00 e. The predicted octanol–water partition coefficient (Wildman–Crippen LogP) is 4.04. The third kappa shape index (κ3) is 7.11. The van der Waals surface area contributed by atoms with Crippen LogP contribution in [-0.2, 0) is 0 Å². The molecule has 0 aliphatic rings. The number of nitrogens with zero attached hydrogens (tertiary/aromatic N) is 2. The van der Waals surface area contributed by atoms with E-state index >= 15 is 0 Å². The summed E-state index contributed by atoms with van der Waals surface area (Å²) in [6.45, 7) is 21.8. The second-order valence-electron chi connectivity index (χ2n) is 10.7. The molecule has 0 bridgehead atoms. The standard InChI is InChI=1S/C23H39N2Si3.Li/c1-24(26(2,3)4)22-15-11-20(12-16-22)19-21-13-17-23(18-14-21)25(27(5,6)7)28(8,9)10;/h11-19H,1-10H3;/q-1;+1. The molecule has 0 fully saturated rings. The van der Waals surface area contributed by atoms with Crippen molar-refractivity contribution in [2.75, 3.05) is 15.8 Å². The van der Waals surface area contributed by atoms with E-state index in [0.29, 0.717) is 0 Å². The molecule has 29 heavy (non-hydrogen) atoms. The Labute approximate surface area is 195 Å². The normalized spacial score (nSPS) is 12.2. The van der Waals surface area contributed by atoms with Gasteiger partial charge >= 0.3 is 18.9 Å². The van der Waals surface area contributed by atoms with E-state index in [1.54, 1.807) is 0 Å². The Morgan fingerprint density at radius 2 is 0.897 bits per heavy atom. The van der Waals surface area contributed by atoms with E-state index in [4.69, 9.17) is 0 Å². The first kappa shape index (κ1) is 26.2. The van der Waals surface area contributed by atoms with Gasteiger partial charge in [-0.1, -0.05) is 83.2 Å². The van der Waals surface area contributed by atoms with Crippen LogP contribution in [-0.4, -0.2) is 31.8 Å². The molecule has 0 unspecified atom stereocenters. The van der Waals surface area contributed by atoms with Gasteiger partial charge in [0.05, 0.1) is 0 Å². The molecule has 0 spiro atoms. The quantitative estimate of drug-likeness (QED) is 0.479. The van der Waals surface area contributed by atoms with Crippen LogP contribution in [0.5, 0.6) is 0 Å². The Kier molecular flexibility index (Phi) is 8.61. The van der Waals surface area contributed by atoms with Crippen molar-refractivity contribution in [1.29, 1.82) is 0 Å². The molecule has 0 saturated heterocycles. The minimum absolute atomic E-state index is 0. The Morgan fingerprint density at radius 3 is 1.21 bits per heavy atom. The first-order valence-electron chi connectivity index (χ1n) is 10.3. The van der Waals surface area contributed by atoms with Gasteiger partial charge in [0.1, 0.15) is 24.7 Å². The van der Waals surface area contributed by atoms with Crippen LogP contribution in [0.4, 0.5) is 11.4 Å². The van der Waals surface area contributed by atoms with E-state index in [9.17, 15) is 0 Å². The number of benzene rings is 2. The van der Waals surface area contributed by atoms with Gasteiger partial charge in [-0.25, -0.2) is 0 Å². The third-order valence-electron chi connectivity index (χ3n) is 5.11. The van der Waals surface area contributed by atoms with Gasteiger partial charge in [-0.2, -0.15) is 0 Å². The van der Waals surface area contributed by atoms with Gasteiger partial charge in [0.2, 0.25) is 0 Å². The number of hydrogen-bond donors (Lipinski definition) is 0. The van der Waals surface area contributed by atoms with Crippen molar-refractivity contribution in [3.8, 4) is 0 Å². The van der Waals surface area contributed by atoms with E-state index < -0.39 is 24.7 Å². The molecule has 2 rings (SSSR count). The summed E-state index contributed by atoms with van der Waals surface area (Å²) >= 11 is 0. The van der Waals surface area contributed by atoms with Crippen molar-refractivity contribution < 1.29 is 18.9 Å². The molecule has 2 nitrogen and oxygen atoms in total. The molecule has 0 aromatic heterocycles. The molecule has 2 aromatic rings. The summed E-state index contributed by atoms with van der Waals surface area (Å²) in [5, 5.41) is 0. The average Bonchev–Trinajstić information content (AvgIpc) is 2.53. The van der Waals surface area contributed by atoms with Gasteiger partial charge < -0.3 is 8.80 Å². The van der Waals surface area contributed by atoms with Crippen LogP contribution >= 0.6 is 0 Å². The van der Waals surface area contributed by atoms with E-state index in [0.717, 1.165) is 0 Å². The van der Waals surface area contributed by atoms with Crippen LogP contribution < -0.4 is 27.7 Å². The van der Waals surface area contributed by atoms with Crippen LogP contribution in [0.25, 0.3) is 0 Å². The zero-order valence-corrected chi connectivity index (χ0v) is 23.6. The third-order valence-corrected chi connectivity index (χ3v) is 14.6. The number of anilines is 2. The monoisotopic (exact) mass is 434 g/mol. The van der Waals surface area contributed by atoms with Gasteiger partial charge in [-0.05, 0) is 7.05 Å².